The predicted octanol–water partition coefficient (Wildman–Crippen LogP) is -0.620. The third-order valence-corrected chi connectivity index (χ3v) is 2.61. The van der Waals surface area contributed by atoms with Crippen molar-refractivity contribution in [2.24, 2.45) is 0 Å². The lowest BCUT2D eigenvalue weighted by molar-refractivity contribution is 0.488. The molecule has 82 valence electrons. The van der Waals surface area contributed by atoms with E-state index in [0.29, 0.717) is 10.4 Å². The van der Waals surface area contributed by atoms with Gasteiger partial charge in [0.2, 0.25) is 10.9 Å². The molecule has 2 rings (SSSR count). The van der Waals surface area contributed by atoms with Crippen LogP contribution in [0.3, 0.4) is 0 Å². The van der Waals surface area contributed by atoms with Crippen molar-refractivity contribution in [3.63, 3.8) is 0 Å². The fourth-order valence-electron chi connectivity index (χ4n) is 1.95. The highest BCUT2D eigenvalue weighted by atomic mass is 16.3. The van der Waals surface area contributed by atoms with Crippen LogP contribution in [0, 0.1) is 10.4 Å². The van der Waals surface area contributed by atoms with E-state index in [1.54, 1.807) is 0 Å². The summed E-state index contributed by atoms with van der Waals surface area (Å²) in [5.74, 6) is -0.0486. The third kappa shape index (κ3) is 1.16. The van der Waals surface area contributed by atoms with Crippen LogP contribution in [-0.2, 0) is 0 Å². The lowest BCUT2D eigenvalue weighted by Gasteiger charge is -2.04. The molecule has 0 amide bonds. The molecule has 0 saturated heterocycles. The molecule has 0 radical (unpaired) electrons. The molecule has 0 fully saturated rings. The van der Waals surface area contributed by atoms with Gasteiger partial charge < -0.3 is 10.2 Å². The minimum Gasteiger partial charge on any atom is -0.512 e. The Kier molecular flexibility index (Phi) is 2.08. The summed E-state index contributed by atoms with van der Waals surface area (Å²) in [7, 11) is 0. The van der Waals surface area contributed by atoms with E-state index in [9.17, 15) is 19.8 Å². The summed E-state index contributed by atoms with van der Waals surface area (Å²) >= 11 is 0. The number of rotatable bonds is 0. The normalized spacial score (nSPS) is 15.4. The Hall–Kier alpha value is -2.10. The van der Waals surface area contributed by atoms with Crippen LogP contribution < -0.4 is 21.3 Å². The summed E-state index contributed by atoms with van der Waals surface area (Å²) in [5.41, 5.74) is -1.24. The highest BCUT2D eigenvalue weighted by molar-refractivity contribution is 5.45. The van der Waals surface area contributed by atoms with E-state index in [2.05, 4.69) is 0 Å². The Labute approximate surface area is 89.7 Å². The van der Waals surface area contributed by atoms with E-state index < -0.39 is 10.9 Å². The standard InChI is InChI=1S/C12H10O4/c1-5(13)9-7-3-4-8(15)12(16)11(7)10(9)6(2)14/h3-4,13-14H,1-2H3/b9-5+,10-6-. The van der Waals surface area contributed by atoms with Crippen LogP contribution in [0.15, 0.2) is 21.7 Å². The quantitative estimate of drug-likeness (QED) is 0.578. The van der Waals surface area contributed by atoms with E-state index in [-0.39, 0.29) is 22.0 Å². The van der Waals surface area contributed by atoms with Crippen LogP contribution in [-0.4, -0.2) is 10.2 Å². The van der Waals surface area contributed by atoms with Crippen molar-refractivity contribution in [2.45, 2.75) is 13.8 Å². The molecule has 0 spiro atoms. The molecule has 4 heteroatoms. The van der Waals surface area contributed by atoms with Gasteiger partial charge in [0.25, 0.3) is 0 Å². The molecule has 0 saturated carbocycles. The van der Waals surface area contributed by atoms with Crippen molar-refractivity contribution in [1.29, 1.82) is 0 Å². The maximum absolute atomic E-state index is 11.6. The third-order valence-electron chi connectivity index (χ3n) is 2.61. The predicted molar refractivity (Wildman–Crippen MR) is 59.3 cm³/mol. The molecule has 0 atom stereocenters. The highest BCUT2D eigenvalue weighted by Gasteiger charge is 2.11. The lowest BCUT2D eigenvalue weighted by atomic mass is 10.0. The van der Waals surface area contributed by atoms with Gasteiger partial charge in [-0.3, -0.25) is 9.59 Å². The molecule has 0 bridgehead atoms. The Morgan fingerprint density at radius 1 is 1.00 bits per heavy atom. The smallest absolute Gasteiger partial charge is 0.234 e. The summed E-state index contributed by atoms with van der Waals surface area (Å²) in [6, 6.07) is 2.66. The molecule has 0 aromatic heterocycles. The minimum absolute atomic E-state index is 0.0222. The molecule has 0 heterocycles. The summed E-state index contributed by atoms with van der Waals surface area (Å²) in [6.45, 7) is 2.88. The summed E-state index contributed by atoms with van der Waals surface area (Å²) in [6.07, 6.45) is 0. The first-order chi connectivity index (χ1) is 7.45. The monoisotopic (exact) mass is 218 g/mol. The molecule has 4 nitrogen and oxygen atoms in total. The minimum atomic E-state index is -0.633. The van der Waals surface area contributed by atoms with Gasteiger partial charge in [0.15, 0.2) is 0 Å². The zero-order chi connectivity index (χ0) is 12.0. The summed E-state index contributed by atoms with van der Waals surface area (Å²) in [5, 5.41) is 20.3. The van der Waals surface area contributed by atoms with Gasteiger partial charge in [0, 0.05) is 15.7 Å². The Bertz CT molecular complexity index is 812. The van der Waals surface area contributed by atoms with Crippen molar-refractivity contribution < 1.29 is 10.2 Å². The molecular weight excluding hydrogens is 208 g/mol. The summed E-state index contributed by atoms with van der Waals surface area (Å²) < 4.78 is 0. The molecule has 0 unspecified atom stereocenters. The molecule has 2 N–H and O–H groups in total. The van der Waals surface area contributed by atoms with Crippen LogP contribution in [0.1, 0.15) is 13.8 Å². The molecule has 16 heavy (non-hydrogen) atoms. The number of aliphatic hydroxyl groups is 2. The Balaban J connectivity index is 3.36. The van der Waals surface area contributed by atoms with Gasteiger partial charge in [-0.1, -0.05) is 0 Å². The van der Waals surface area contributed by atoms with Crippen LogP contribution in [0.2, 0.25) is 0 Å². The number of hydrogen-bond acceptors (Lipinski definition) is 4. The zero-order valence-corrected chi connectivity index (χ0v) is 8.87. The largest absolute Gasteiger partial charge is 0.512 e. The maximum atomic E-state index is 11.6. The lowest BCUT2D eigenvalue weighted by Crippen LogP contribution is -2.45. The Morgan fingerprint density at radius 3 is 2.06 bits per heavy atom. The second-order valence-electron chi connectivity index (χ2n) is 3.74. The molecule has 2 aliphatic carbocycles. The van der Waals surface area contributed by atoms with Crippen LogP contribution >= 0.6 is 0 Å². The first-order valence-corrected chi connectivity index (χ1v) is 4.77. The average molecular weight is 218 g/mol. The van der Waals surface area contributed by atoms with Crippen molar-refractivity contribution in [3.8, 4) is 0 Å². The van der Waals surface area contributed by atoms with Crippen LogP contribution in [0.25, 0.3) is 11.5 Å². The van der Waals surface area contributed by atoms with E-state index in [1.165, 1.54) is 26.0 Å². The van der Waals surface area contributed by atoms with E-state index in [0.717, 1.165) is 0 Å². The molecule has 0 aromatic rings. The molecule has 0 aliphatic heterocycles. The Morgan fingerprint density at radius 2 is 1.56 bits per heavy atom. The molecular formula is C12H10O4. The second kappa shape index (κ2) is 3.20. The van der Waals surface area contributed by atoms with Gasteiger partial charge >= 0.3 is 0 Å². The average Bonchev–Trinajstić information content (AvgIpc) is 2.12. The van der Waals surface area contributed by atoms with Gasteiger partial charge in [0.1, 0.15) is 0 Å². The van der Waals surface area contributed by atoms with E-state index in [4.69, 9.17) is 0 Å². The van der Waals surface area contributed by atoms with Gasteiger partial charge in [-0.25, -0.2) is 0 Å². The highest BCUT2D eigenvalue weighted by Crippen LogP contribution is 1.90. The number of hydrogen-bond donors (Lipinski definition) is 2. The van der Waals surface area contributed by atoms with Crippen molar-refractivity contribution in [1.82, 2.24) is 0 Å². The van der Waals surface area contributed by atoms with Gasteiger partial charge in [-0.05, 0) is 31.2 Å². The summed E-state index contributed by atoms with van der Waals surface area (Å²) in [4.78, 5) is 22.7. The van der Waals surface area contributed by atoms with Crippen LogP contribution in [0.5, 0.6) is 0 Å². The zero-order valence-electron chi connectivity index (χ0n) is 8.87. The fourth-order valence-corrected chi connectivity index (χ4v) is 1.95. The SMILES string of the molecule is C/C(O)=c1c2c(=O)c(=O)ccc=2c/1=C(/C)O. The van der Waals surface area contributed by atoms with Crippen molar-refractivity contribution >= 4 is 11.5 Å². The van der Waals surface area contributed by atoms with Crippen LogP contribution in [0.4, 0.5) is 0 Å². The maximum Gasteiger partial charge on any atom is 0.234 e. The van der Waals surface area contributed by atoms with Gasteiger partial charge in [0.05, 0.1) is 11.5 Å². The number of aliphatic hydroxyl groups excluding tert-OH is 2. The fraction of sp³-hybridized carbons (Fsp3) is 0.167. The van der Waals surface area contributed by atoms with Crippen molar-refractivity contribution in [3.05, 3.63) is 53.5 Å². The van der Waals surface area contributed by atoms with E-state index in [1.807, 2.05) is 0 Å². The topological polar surface area (TPSA) is 74.6 Å². The molecule has 2 aliphatic rings. The first kappa shape index (κ1) is 10.4. The molecule has 0 aromatic carbocycles. The van der Waals surface area contributed by atoms with E-state index >= 15 is 0 Å². The first-order valence-electron chi connectivity index (χ1n) is 4.77. The van der Waals surface area contributed by atoms with Gasteiger partial charge in [-0.15, -0.1) is 0 Å². The second-order valence-corrected chi connectivity index (χ2v) is 3.74. The van der Waals surface area contributed by atoms with Gasteiger partial charge in [-0.2, -0.15) is 0 Å². The van der Waals surface area contributed by atoms with Crippen molar-refractivity contribution in [2.75, 3.05) is 0 Å².